The van der Waals surface area contributed by atoms with Gasteiger partial charge in [0.15, 0.2) is 0 Å². The first-order valence-corrected chi connectivity index (χ1v) is 7.00. The van der Waals surface area contributed by atoms with E-state index in [0.29, 0.717) is 5.41 Å². The van der Waals surface area contributed by atoms with E-state index in [0.717, 1.165) is 45.2 Å². The van der Waals surface area contributed by atoms with Crippen molar-refractivity contribution >= 4 is 0 Å². The van der Waals surface area contributed by atoms with Gasteiger partial charge in [-0.2, -0.15) is 0 Å². The molecule has 1 aliphatic rings. The third kappa shape index (κ3) is 5.84. The smallest absolute Gasteiger partial charge is 0.0587 e. The molecule has 1 N–H and O–H groups in total. The summed E-state index contributed by atoms with van der Waals surface area (Å²) >= 11 is 0. The first kappa shape index (κ1) is 14.9. The molecule has 17 heavy (non-hydrogen) atoms. The number of rotatable bonds is 11. The quantitative estimate of drug-likeness (QED) is 0.565. The summed E-state index contributed by atoms with van der Waals surface area (Å²) in [5.74, 6) is 0.905. The van der Waals surface area contributed by atoms with Crippen molar-refractivity contribution in [1.29, 1.82) is 0 Å². The van der Waals surface area contributed by atoms with Crippen molar-refractivity contribution < 1.29 is 9.47 Å². The molecule has 1 saturated carbocycles. The molecule has 0 aliphatic heterocycles. The largest absolute Gasteiger partial charge is 0.383 e. The Morgan fingerprint density at radius 2 is 2.00 bits per heavy atom. The zero-order valence-electron chi connectivity index (χ0n) is 11.8. The molecular weight excluding hydrogens is 214 g/mol. The summed E-state index contributed by atoms with van der Waals surface area (Å²) in [5, 5.41) is 3.51. The molecule has 0 saturated heterocycles. The van der Waals surface area contributed by atoms with E-state index >= 15 is 0 Å². The second kappa shape index (κ2) is 8.06. The Morgan fingerprint density at radius 1 is 1.24 bits per heavy atom. The van der Waals surface area contributed by atoms with Crippen LogP contribution in [0, 0.1) is 11.3 Å². The number of ether oxygens (including phenoxy) is 2. The van der Waals surface area contributed by atoms with Crippen LogP contribution in [0.4, 0.5) is 0 Å². The Bertz CT molecular complexity index is 181. The maximum absolute atomic E-state index is 5.63. The van der Waals surface area contributed by atoms with Gasteiger partial charge in [-0.3, -0.25) is 0 Å². The lowest BCUT2D eigenvalue weighted by Crippen LogP contribution is -2.36. The van der Waals surface area contributed by atoms with E-state index in [2.05, 4.69) is 19.2 Å². The van der Waals surface area contributed by atoms with Crippen LogP contribution < -0.4 is 5.32 Å². The Morgan fingerprint density at radius 3 is 2.59 bits per heavy atom. The highest BCUT2D eigenvalue weighted by Gasteiger charge is 2.40. The monoisotopic (exact) mass is 243 g/mol. The van der Waals surface area contributed by atoms with Crippen molar-refractivity contribution in [1.82, 2.24) is 5.32 Å². The Hall–Kier alpha value is -0.120. The fourth-order valence-electron chi connectivity index (χ4n) is 2.32. The zero-order chi connectivity index (χ0) is 12.6. The van der Waals surface area contributed by atoms with Gasteiger partial charge < -0.3 is 14.8 Å². The molecule has 1 fully saturated rings. The molecule has 0 aromatic heterocycles. The summed E-state index contributed by atoms with van der Waals surface area (Å²) in [6.45, 7) is 9.22. The zero-order valence-corrected chi connectivity index (χ0v) is 11.8. The van der Waals surface area contributed by atoms with Crippen LogP contribution >= 0.6 is 0 Å². The minimum atomic E-state index is 0.418. The van der Waals surface area contributed by atoms with Gasteiger partial charge in [-0.05, 0) is 37.0 Å². The summed E-state index contributed by atoms with van der Waals surface area (Å²) < 4.78 is 10.7. The third-order valence-corrected chi connectivity index (χ3v) is 3.74. The van der Waals surface area contributed by atoms with E-state index in [1.54, 1.807) is 7.11 Å². The van der Waals surface area contributed by atoms with Crippen LogP contribution in [0.1, 0.15) is 39.5 Å². The highest BCUT2D eigenvalue weighted by atomic mass is 16.5. The van der Waals surface area contributed by atoms with E-state index in [1.165, 1.54) is 19.3 Å². The van der Waals surface area contributed by atoms with Crippen molar-refractivity contribution in [2.75, 3.05) is 40.0 Å². The van der Waals surface area contributed by atoms with Crippen LogP contribution in [0.25, 0.3) is 0 Å². The molecule has 0 spiro atoms. The van der Waals surface area contributed by atoms with Crippen LogP contribution in [-0.2, 0) is 9.47 Å². The fourth-order valence-corrected chi connectivity index (χ4v) is 2.32. The molecule has 1 atom stereocenters. The third-order valence-electron chi connectivity index (χ3n) is 3.74. The lowest BCUT2D eigenvalue weighted by Gasteiger charge is -2.30. The van der Waals surface area contributed by atoms with Crippen LogP contribution in [0.3, 0.4) is 0 Å². The molecule has 0 bridgehead atoms. The van der Waals surface area contributed by atoms with Gasteiger partial charge in [-0.15, -0.1) is 0 Å². The molecule has 0 amide bonds. The van der Waals surface area contributed by atoms with E-state index in [9.17, 15) is 0 Å². The Balaban J connectivity index is 2.19. The van der Waals surface area contributed by atoms with Crippen molar-refractivity contribution in [3.8, 4) is 0 Å². The molecule has 102 valence electrons. The molecule has 0 radical (unpaired) electrons. The summed E-state index contributed by atoms with van der Waals surface area (Å²) in [7, 11) is 1.75. The number of hydrogen-bond donors (Lipinski definition) is 1. The molecule has 0 aromatic rings. The van der Waals surface area contributed by atoms with Crippen molar-refractivity contribution in [3.05, 3.63) is 0 Å². The molecule has 1 rings (SSSR count). The molecular formula is C14H29NO2. The lowest BCUT2D eigenvalue weighted by molar-refractivity contribution is 0.0890. The summed E-state index contributed by atoms with van der Waals surface area (Å²) in [6.07, 6.45) is 5.09. The van der Waals surface area contributed by atoms with Crippen molar-refractivity contribution in [2.24, 2.45) is 11.3 Å². The predicted octanol–water partition coefficient (Wildman–Crippen LogP) is 2.46. The van der Waals surface area contributed by atoms with Gasteiger partial charge >= 0.3 is 0 Å². The van der Waals surface area contributed by atoms with Gasteiger partial charge in [-0.25, -0.2) is 0 Å². The Labute approximate surface area is 106 Å². The highest BCUT2D eigenvalue weighted by Crippen LogP contribution is 2.47. The first-order chi connectivity index (χ1) is 8.23. The minimum Gasteiger partial charge on any atom is -0.383 e. The van der Waals surface area contributed by atoms with Gasteiger partial charge in [0.05, 0.1) is 6.61 Å². The molecule has 3 nitrogen and oxygen atoms in total. The van der Waals surface area contributed by atoms with Gasteiger partial charge in [0.2, 0.25) is 0 Å². The highest BCUT2D eigenvalue weighted by molar-refractivity contribution is 4.92. The molecule has 0 heterocycles. The van der Waals surface area contributed by atoms with Gasteiger partial charge in [0.25, 0.3) is 0 Å². The Kier molecular flexibility index (Phi) is 7.09. The summed E-state index contributed by atoms with van der Waals surface area (Å²) in [4.78, 5) is 0. The molecule has 1 aliphatic carbocycles. The molecule has 1 unspecified atom stereocenters. The predicted molar refractivity (Wildman–Crippen MR) is 71.3 cm³/mol. The standard InChI is InChI=1S/C14H29NO2/c1-4-9-17-10-7-14(2,13-5-6-13)12-15-8-11-16-3/h13,15H,4-12H2,1-3H3. The SMILES string of the molecule is CCCOCCC(C)(CNCCOC)C1CC1. The number of hydrogen-bond acceptors (Lipinski definition) is 3. The summed E-state index contributed by atoms with van der Waals surface area (Å²) in [6, 6.07) is 0. The minimum absolute atomic E-state index is 0.418. The van der Waals surface area contributed by atoms with Gasteiger partial charge in [-0.1, -0.05) is 13.8 Å². The van der Waals surface area contributed by atoms with E-state index in [-0.39, 0.29) is 0 Å². The fraction of sp³-hybridized carbons (Fsp3) is 1.00. The van der Waals surface area contributed by atoms with Crippen LogP contribution in [0.5, 0.6) is 0 Å². The average Bonchev–Trinajstić information content (AvgIpc) is 3.15. The first-order valence-electron chi connectivity index (χ1n) is 7.00. The maximum Gasteiger partial charge on any atom is 0.0587 e. The average molecular weight is 243 g/mol. The lowest BCUT2D eigenvalue weighted by atomic mass is 9.81. The van der Waals surface area contributed by atoms with Gasteiger partial charge in [0, 0.05) is 33.4 Å². The molecule has 0 aromatic carbocycles. The topological polar surface area (TPSA) is 30.5 Å². The van der Waals surface area contributed by atoms with E-state index < -0.39 is 0 Å². The molecule has 3 heteroatoms. The van der Waals surface area contributed by atoms with Crippen molar-refractivity contribution in [3.63, 3.8) is 0 Å². The van der Waals surface area contributed by atoms with Crippen LogP contribution in [-0.4, -0.2) is 40.0 Å². The maximum atomic E-state index is 5.63. The number of nitrogens with one attached hydrogen (secondary N) is 1. The van der Waals surface area contributed by atoms with Crippen LogP contribution in [0.15, 0.2) is 0 Å². The van der Waals surface area contributed by atoms with Gasteiger partial charge in [0.1, 0.15) is 0 Å². The van der Waals surface area contributed by atoms with E-state index in [1.807, 2.05) is 0 Å². The van der Waals surface area contributed by atoms with Crippen LogP contribution in [0.2, 0.25) is 0 Å². The number of methoxy groups -OCH3 is 1. The normalized spacial score (nSPS) is 19.2. The van der Waals surface area contributed by atoms with Crippen molar-refractivity contribution in [2.45, 2.75) is 39.5 Å². The van der Waals surface area contributed by atoms with E-state index in [4.69, 9.17) is 9.47 Å². The summed E-state index contributed by atoms with van der Waals surface area (Å²) in [5.41, 5.74) is 0.418. The second-order valence-electron chi connectivity index (χ2n) is 5.46. The second-order valence-corrected chi connectivity index (χ2v) is 5.46.